The number of piperazine rings is 1. The maximum atomic E-state index is 13.3. The summed E-state index contributed by atoms with van der Waals surface area (Å²) in [7, 11) is 0. The monoisotopic (exact) mass is 497 g/mol. The Bertz CT molecular complexity index is 1230. The third-order valence-electron chi connectivity index (χ3n) is 5.48. The number of hydrogen-bond acceptors (Lipinski definition) is 4. The largest absolute Gasteiger partial charge is 0.418 e. The van der Waals surface area contributed by atoms with Crippen molar-refractivity contribution in [1.29, 1.82) is 0 Å². The molecule has 0 radical (unpaired) electrons. The molecule has 0 spiro atoms. The maximum absolute atomic E-state index is 13.3. The van der Waals surface area contributed by atoms with E-state index >= 15 is 0 Å². The van der Waals surface area contributed by atoms with Gasteiger partial charge in [-0.1, -0.05) is 17.3 Å². The number of hydrogen-bond donors (Lipinski definition) is 0. The number of para-hydroxylation sites is 1. The molecule has 35 heavy (non-hydrogen) atoms. The Hall–Kier alpha value is -3.90. The number of halogens is 6. The van der Waals surface area contributed by atoms with Crippen LogP contribution in [0.4, 0.5) is 26.3 Å². The Kier molecular flexibility index (Phi) is 6.26. The van der Waals surface area contributed by atoms with E-state index in [2.05, 4.69) is 10.3 Å². The molecule has 1 aliphatic heterocycles. The first-order chi connectivity index (χ1) is 16.4. The third-order valence-corrected chi connectivity index (χ3v) is 5.48. The molecule has 1 aliphatic rings. The van der Waals surface area contributed by atoms with E-state index < -0.39 is 35.3 Å². The lowest BCUT2D eigenvalue weighted by atomic mass is 10.1. The fraction of sp³-hybridized carbons (Fsp3) is 0.273. The molecule has 2 amide bonds. The predicted molar refractivity (Wildman–Crippen MR) is 110 cm³/mol. The summed E-state index contributed by atoms with van der Waals surface area (Å²) in [6, 6.07) is 8.59. The Labute approximate surface area is 194 Å². The lowest BCUT2D eigenvalue weighted by Crippen LogP contribution is -2.50. The normalized spacial score (nSPS) is 14.8. The number of rotatable bonds is 3. The second-order valence-corrected chi connectivity index (χ2v) is 7.72. The van der Waals surface area contributed by atoms with E-state index in [0.717, 1.165) is 41.2 Å². The molecule has 0 aliphatic carbocycles. The van der Waals surface area contributed by atoms with Gasteiger partial charge >= 0.3 is 12.4 Å². The van der Waals surface area contributed by atoms with Gasteiger partial charge in [0.2, 0.25) is 0 Å². The van der Waals surface area contributed by atoms with Gasteiger partial charge in [0, 0.05) is 31.7 Å². The van der Waals surface area contributed by atoms with E-state index in [9.17, 15) is 35.9 Å². The van der Waals surface area contributed by atoms with Crippen molar-refractivity contribution < 1.29 is 35.9 Å². The smallest absolute Gasteiger partial charge is 0.335 e. The van der Waals surface area contributed by atoms with Gasteiger partial charge in [-0.05, 0) is 36.4 Å². The first-order valence-electron chi connectivity index (χ1n) is 10.3. The third kappa shape index (κ3) is 5.12. The molecule has 0 N–H and O–H groups in total. The summed E-state index contributed by atoms with van der Waals surface area (Å²) in [5.74, 6) is -1.04. The van der Waals surface area contributed by atoms with Gasteiger partial charge < -0.3 is 9.80 Å². The fourth-order valence-electron chi connectivity index (χ4n) is 3.65. The molecule has 0 unspecified atom stereocenters. The van der Waals surface area contributed by atoms with Crippen LogP contribution in [0.3, 0.4) is 0 Å². The van der Waals surface area contributed by atoms with Gasteiger partial charge in [0.05, 0.1) is 23.0 Å². The lowest BCUT2D eigenvalue weighted by molar-refractivity contribution is -0.138. The summed E-state index contributed by atoms with van der Waals surface area (Å²) < 4.78 is 78.8. The van der Waals surface area contributed by atoms with Gasteiger partial charge in [0.25, 0.3) is 11.8 Å². The van der Waals surface area contributed by atoms with Gasteiger partial charge in [-0.3, -0.25) is 9.59 Å². The van der Waals surface area contributed by atoms with Crippen LogP contribution in [0, 0.1) is 0 Å². The van der Waals surface area contributed by atoms with Crippen LogP contribution >= 0.6 is 0 Å². The van der Waals surface area contributed by atoms with E-state index in [1.807, 2.05) is 0 Å². The highest BCUT2D eigenvalue weighted by atomic mass is 19.4. The molecule has 0 atom stereocenters. The summed E-state index contributed by atoms with van der Waals surface area (Å²) in [6.07, 6.45) is -8.03. The minimum Gasteiger partial charge on any atom is -0.335 e. The molecule has 1 saturated heterocycles. The molecule has 4 rings (SSSR count). The highest BCUT2D eigenvalue weighted by Crippen LogP contribution is 2.33. The second kappa shape index (κ2) is 9.04. The summed E-state index contributed by atoms with van der Waals surface area (Å²) in [6.45, 7) is 0.460. The van der Waals surface area contributed by atoms with Crippen LogP contribution in [-0.4, -0.2) is 62.8 Å². The molecule has 2 aromatic carbocycles. The number of carbonyl (C=O) groups excluding carboxylic acids is 2. The Morgan fingerprint density at radius 2 is 1.31 bits per heavy atom. The Morgan fingerprint density at radius 1 is 0.743 bits per heavy atom. The van der Waals surface area contributed by atoms with E-state index in [1.54, 1.807) is 0 Å². The van der Waals surface area contributed by atoms with Gasteiger partial charge in [-0.25, -0.2) is 4.68 Å². The molecule has 184 valence electrons. The van der Waals surface area contributed by atoms with Crippen molar-refractivity contribution >= 4 is 11.8 Å². The van der Waals surface area contributed by atoms with E-state index in [-0.39, 0.29) is 43.1 Å². The van der Waals surface area contributed by atoms with E-state index in [4.69, 9.17) is 0 Å². The molecule has 2 heterocycles. The van der Waals surface area contributed by atoms with Gasteiger partial charge in [0.1, 0.15) is 0 Å². The average Bonchev–Trinajstić information content (AvgIpc) is 3.32. The fourth-order valence-corrected chi connectivity index (χ4v) is 3.65. The zero-order valence-electron chi connectivity index (χ0n) is 17.8. The summed E-state index contributed by atoms with van der Waals surface area (Å²) in [4.78, 5) is 28.2. The first kappa shape index (κ1) is 24.2. The quantitative estimate of drug-likeness (QED) is 0.515. The number of aromatic nitrogens is 3. The van der Waals surface area contributed by atoms with Gasteiger partial charge in [-0.2, -0.15) is 26.3 Å². The molecular formula is C22H17F6N5O2. The van der Waals surface area contributed by atoms with Crippen molar-refractivity contribution in [3.05, 3.63) is 77.1 Å². The Balaban J connectivity index is 1.41. The molecule has 1 fully saturated rings. The number of alkyl halides is 6. The van der Waals surface area contributed by atoms with Crippen LogP contribution in [0.15, 0.2) is 54.7 Å². The maximum Gasteiger partial charge on any atom is 0.418 e. The minimum absolute atomic E-state index is 0.0871. The summed E-state index contributed by atoms with van der Waals surface area (Å²) >= 11 is 0. The van der Waals surface area contributed by atoms with E-state index in [0.29, 0.717) is 0 Å². The van der Waals surface area contributed by atoms with Crippen molar-refractivity contribution in [2.75, 3.05) is 26.2 Å². The topological polar surface area (TPSA) is 71.3 Å². The van der Waals surface area contributed by atoms with Crippen molar-refractivity contribution in [2.45, 2.75) is 12.4 Å². The van der Waals surface area contributed by atoms with Crippen LogP contribution in [0.1, 0.15) is 32.0 Å². The molecule has 13 heteroatoms. The zero-order chi connectivity index (χ0) is 25.4. The van der Waals surface area contributed by atoms with Crippen molar-refractivity contribution in [3.8, 4) is 5.69 Å². The van der Waals surface area contributed by atoms with Crippen molar-refractivity contribution in [3.63, 3.8) is 0 Å². The van der Waals surface area contributed by atoms with E-state index in [1.165, 1.54) is 28.0 Å². The SMILES string of the molecule is O=C(c1ccc(C(F)(F)F)cc1)N1CCN(C(=O)c2cn(-c3ccccc3C(F)(F)F)nn2)CC1. The molecular weight excluding hydrogens is 480 g/mol. The lowest BCUT2D eigenvalue weighted by Gasteiger charge is -2.34. The number of benzene rings is 2. The van der Waals surface area contributed by atoms with Crippen LogP contribution in [0.2, 0.25) is 0 Å². The van der Waals surface area contributed by atoms with Crippen molar-refractivity contribution in [1.82, 2.24) is 24.8 Å². The first-order valence-corrected chi connectivity index (χ1v) is 10.3. The summed E-state index contributed by atoms with van der Waals surface area (Å²) in [5.41, 5.74) is -2.15. The highest BCUT2D eigenvalue weighted by molar-refractivity contribution is 5.95. The molecule has 7 nitrogen and oxygen atoms in total. The number of nitrogens with zero attached hydrogens (tertiary/aromatic N) is 5. The van der Waals surface area contributed by atoms with Gasteiger partial charge in [0.15, 0.2) is 5.69 Å². The van der Waals surface area contributed by atoms with Crippen LogP contribution < -0.4 is 0 Å². The number of amides is 2. The zero-order valence-corrected chi connectivity index (χ0v) is 17.8. The molecule has 0 saturated carbocycles. The van der Waals surface area contributed by atoms with Crippen LogP contribution in [0.25, 0.3) is 5.69 Å². The predicted octanol–water partition coefficient (Wildman–Crippen LogP) is 3.90. The second-order valence-electron chi connectivity index (χ2n) is 7.72. The standard InChI is InChI=1S/C22H17F6N5O2/c23-21(24,25)15-7-5-14(6-8-15)19(34)31-9-11-32(12-10-31)20(35)17-13-33(30-29-17)18-4-2-1-3-16(18)22(26,27)28/h1-8,13H,9-12H2. The van der Waals surface area contributed by atoms with Crippen LogP contribution in [-0.2, 0) is 12.4 Å². The van der Waals surface area contributed by atoms with Crippen LogP contribution in [0.5, 0.6) is 0 Å². The molecule has 1 aromatic heterocycles. The molecule has 0 bridgehead atoms. The Morgan fingerprint density at radius 3 is 1.89 bits per heavy atom. The average molecular weight is 497 g/mol. The van der Waals surface area contributed by atoms with Gasteiger partial charge in [-0.15, -0.1) is 5.10 Å². The minimum atomic E-state index is -4.62. The molecule has 3 aromatic rings. The number of carbonyl (C=O) groups is 2. The van der Waals surface area contributed by atoms with Crippen molar-refractivity contribution in [2.24, 2.45) is 0 Å². The summed E-state index contributed by atoms with van der Waals surface area (Å²) in [5, 5.41) is 7.36. The highest BCUT2D eigenvalue weighted by Gasteiger charge is 2.35.